The highest BCUT2D eigenvalue weighted by Crippen LogP contribution is 1.87. The fourth-order valence-corrected chi connectivity index (χ4v) is 0.705. The zero-order chi connectivity index (χ0) is 8.69. The lowest BCUT2D eigenvalue weighted by Crippen LogP contribution is -2.40. The van der Waals surface area contributed by atoms with Gasteiger partial charge in [0.05, 0.1) is 6.04 Å². The minimum absolute atomic E-state index is 0.0269. The lowest BCUT2D eigenvalue weighted by molar-refractivity contribution is -0.122. The van der Waals surface area contributed by atoms with E-state index in [9.17, 15) is 4.79 Å². The van der Waals surface area contributed by atoms with Crippen molar-refractivity contribution < 1.29 is 4.79 Å². The first kappa shape index (κ1) is 10.4. The van der Waals surface area contributed by atoms with E-state index < -0.39 is 0 Å². The van der Waals surface area contributed by atoms with Crippen LogP contribution in [0, 0.1) is 0 Å². The van der Waals surface area contributed by atoms with E-state index in [1.165, 1.54) is 0 Å². The monoisotopic (exact) mass is 158 g/mol. The van der Waals surface area contributed by atoms with Crippen molar-refractivity contribution in [2.24, 2.45) is 5.73 Å². The Balaban J connectivity index is 3.36. The Labute approximate surface area is 68.3 Å². The van der Waals surface area contributed by atoms with Gasteiger partial charge in [-0.2, -0.15) is 0 Å². The summed E-state index contributed by atoms with van der Waals surface area (Å²) in [6.45, 7) is 4.75. The summed E-state index contributed by atoms with van der Waals surface area (Å²) in [7, 11) is 0. The predicted molar refractivity (Wildman–Crippen MR) is 46.2 cm³/mol. The molecule has 0 aromatic carbocycles. The first-order chi connectivity index (χ1) is 5.22. The molecule has 3 nitrogen and oxygen atoms in total. The predicted octanol–water partition coefficient (Wildman–Crippen LogP) is 0.640. The molecule has 0 aliphatic heterocycles. The zero-order valence-corrected chi connectivity index (χ0v) is 7.39. The van der Waals surface area contributed by atoms with Crippen LogP contribution in [0.1, 0.15) is 33.1 Å². The van der Waals surface area contributed by atoms with Crippen molar-refractivity contribution in [3.8, 4) is 0 Å². The summed E-state index contributed by atoms with van der Waals surface area (Å²) in [4.78, 5) is 11.0. The third-order valence-corrected chi connectivity index (χ3v) is 1.61. The van der Waals surface area contributed by atoms with Crippen molar-refractivity contribution in [1.29, 1.82) is 0 Å². The Kier molecular flexibility index (Phi) is 5.84. The quantitative estimate of drug-likeness (QED) is 0.577. The number of hydrogen-bond acceptors (Lipinski definition) is 2. The van der Waals surface area contributed by atoms with Crippen molar-refractivity contribution in [3.63, 3.8) is 0 Å². The van der Waals surface area contributed by atoms with Crippen LogP contribution in [-0.2, 0) is 4.79 Å². The average molecular weight is 158 g/mol. The lowest BCUT2D eigenvalue weighted by Gasteiger charge is -2.08. The van der Waals surface area contributed by atoms with Gasteiger partial charge in [-0.05, 0) is 12.8 Å². The second-order valence-corrected chi connectivity index (χ2v) is 2.66. The Morgan fingerprint density at radius 2 is 2.18 bits per heavy atom. The number of rotatable bonds is 5. The van der Waals surface area contributed by atoms with E-state index in [1.54, 1.807) is 0 Å². The van der Waals surface area contributed by atoms with Gasteiger partial charge >= 0.3 is 0 Å². The van der Waals surface area contributed by atoms with E-state index in [-0.39, 0.29) is 11.9 Å². The number of unbranched alkanes of at least 4 members (excludes halogenated alkanes) is 1. The molecule has 0 aromatic heterocycles. The molecule has 0 aliphatic carbocycles. The van der Waals surface area contributed by atoms with Crippen LogP contribution in [0.15, 0.2) is 0 Å². The molecular weight excluding hydrogens is 140 g/mol. The summed E-state index contributed by atoms with van der Waals surface area (Å²) in [5.74, 6) is -0.0269. The van der Waals surface area contributed by atoms with Crippen molar-refractivity contribution in [1.82, 2.24) is 5.32 Å². The van der Waals surface area contributed by atoms with Crippen molar-refractivity contribution >= 4 is 5.91 Å². The van der Waals surface area contributed by atoms with E-state index in [0.29, 0.717) is 6.42 Å². The van der Waals surface area contributed by atoms with Crippen LogP contribution in [0.4, 0.5) is 0 Å². The van der Waals surface area contributed by atoms with Gasteiger partial charge in [0.15, 0.2) is 0 Å². The van der Waals surface area contributed by atoms with E-state index in [2.05, 4.69) is 12.2 Å². The largest absolute Gasteiger partial charge is 0.355 e. The molecule has 0 aliphatic rings. The number of hydrogen-bond donors (Lipinski definition) is 2. The SMILES string of the molecule is CCCCNC(=O)[C@@H](N)CC. The van der Waals surface area contributed by atoms with Gasteiger partial charge in [-0.15, -0.1) is 0 Å². The molecule has 3 N–H and O–H groups in total. The third-order valence-electron chi connectivity index (χ3n) is 1.61. The summed E-state index contributed by atoms with van der Waals surface area (Å²) in [5, 5.41) is 2.77. The molecule has 0 spiro atoms. The van der Waals surface area contributed by atoms with E-state index in [4.69, 9.17) is 5.73 Å². The first-order valence-electron chi connectivity index (χ1n) is 4.25. The van der Waals surface area contributed by atoms with Crippen LogP contribution in [0.2, 0.25) is 0 Å². The van der Waals surface area contributed by atoms with Gasteiger partial charge in [-0.3, -0.25) is 4.79 Å². The maximum Gasteiger partial charge on any atom is 0.236 e. The number of amides is 1. The fraction of sp³-hybridized carbons (Fsp3) is 0.875. The second kappa shape index (κ2) is 6.16. The van der Waals surface area contributed by atoms with Crippen LogP contribution in [0.5, 0.6) is 0 Å². The minimum Gasteiger partial charge on any atom is -0.355 e. The van der Waals surface area contributed by atoms with Crippen molar-refractivity contribution in [2.45, 2.75) is 39.2 Å². The molecule has 0 saturated carbocycles. The Morgan fingerprint density at radius 3 is 2.64 bits per heavy atom. The fourth-order valence-electron chi connectivity index (χ4n) is 0.705. The normalized spacial score (nSPS) is 12.6. The molecule has 0 rings (SSSR count). The molecule has 0 fully saturated rings. The molecule has 0 unspecified atom stereocenters. The van der Waals surface area contributed by atoms with Crippen LogP contribution >= 0.6 is 0 Å². The maximum absolute atomic E-state index is 11.0. The third kappa shape index (κ3) is 4.79. The molecule has 0 radical (unpaired) electrons. The Hall–Kier alpha value is -0.570. The first-order valence-corrected chi connectivity index (χ1v) is 4.25. The summed E-state index contributed by atoms with van der Waals surface area (Å²) in [6, 6.07) is -0.327. The highest BCUT2D eigenvalue weighted by atomic mass is 16.2. The maximum atomic E-state index is 11.0. The standard InChI is InChI=1S/C8H18N2O/c1-3-5-6-10-8(11)7(9)4-2/h7H,3-6,9H2,1-2H3,(H,10,11)/t7-/m0/s1. The Bertz CT molecular complexity index is 115. The minimum atomic E-state index is -0.327. The number of nitrogens with one attached hydrogen (secondary N) is 1. The van der Waals surface area contributed by atoms with Gasteiger partial charge < -0.3 is 11.1 Å². The number of nitrogens with two attached hydrogens (primary N) is 1. The molecule has 1 atom stereocenters. The molecule has 0 aromatic rings. The van der Waals surface area contributed by atoms with Crippen LogP contribution in [0.3, 0.4) is 0 Å². The van der Waals surface area contributed by atoms with Gasteiger partial charge in [0.2, 0.25) is 5.91 Å². The smallest absolute Gasteiger partial charge is 0.236 e. The van der Waals surface area contributed by atoms with Crippen molar-refractivity contribution in [2.75, 3.05) is 6.54 Å². The highest BCUT2D eigenvalue weighted by molar-refractivity contribution is 5.81. The summed E-state index contributed by atoms with van der Waals surface area (Å²) < 4.78 is 0. The zero-order valence-electron chi connectivity index (χ0n) is 7.39. The summed E-state index contributed by atoms with van der Waals surface area (Å²) in [6.07, 6.45) is 2.84. The Morgan fingerprint density at radius 1 is 1.55 bits per heavy atom. The van der Waals surface area contributed by atoms with Crippen LogP contribution in [0.25, 0.3) is 0 Å². The molecule has 66 valence electrons. The molecule has 1 amide bonds. The topological polar surface area (TPSA) is 55.1 Å². The van der Waals surface area contributed by atoms with E-state index in [0.717, 1.165) is 19.4 Å². The van der Waals surface area contributed by atoms with Gasteiger partial charge in [-0.25, -0.2) is 0 Å². The molecule has 11 heavy (non-hydrogen) atoms. The molecule has 3 heteroatoms. The highest BCUT2D eigenvalue weighted by Gasteiger charge is 2.08. The van der Waals surface area contributed by atoms with Gasteiger partial charge in [0.25, 0.3) is 0 Å². The lowest BCUT2D eigenvalue weighted by atomic mass is 10.2. The number of carbonyl (C=O) groups excluding carboxylic acids is 1. The molecule has 0 bridgehead atoms. The van der Waals surface area contributed by atoms with Gasteiger partial charge in [0.1, 0.15) is 0 Å². The van der Waals surface area contributed by atoms with Crippen LogP contribution in [-0.4, -0.2) is 18.5 Å². The van der Waals surface area contributed by atoms with Gasteiger partial charge in [0, 0.05) is 6.54 Å². The second-order valence-electron chi connectivity index (χ2n) is 2.66. The number of carbonyl (C=O) groups is 1. The van der Waals surface area contributed by atoms with Gasteiger partial charge in [-0.1, -0.05) is 20.3 Å². The molecular formula is C8H18N2O. The van der Waals surface area contributed by atoms with E-state index >= 15 is 0 Å². The van der Waals surface area contributed by atoms with E-state index in [1.807, 2.05) is 6.92 Å². The molecule has 0 heterocycles. The van der Waals surface area contributed by atoms with Crippen LogP contribution < -0.4 is 11.1 Å². The summed E-state index contributed by atoms with van der Waals surface area (Å²) >= 11 is 0. The molecule has 0 saturated heterocycles. The summed E-state index contributed by atoms with van der Waals surface area (Å²) in [5.41, 5.74) is 5.49. The average Bonchev–Trinajstić information content (AvgIpc) is 2.03. The van der Waals surface area contributed by atoms with Crippen molar-refractivity contribution in [3.05, 3.63) is 0 Å².